The van der Waals surface area contributed by atoms with Gasteiger partial charge in [0.15, 0.2) is 5.16 Å². The number of imidazole rings is 1. The first kappa shape index (κ1) is 20.5. The second-order valence-corrected chi connectivity index (χ2v) is 7.72. The summed E-state index contributed by atoms with van der Waals surface area (Å²) in [6.45, 7) is 8.98. The molecule has 0 atom stereocenters. The van der Waals surface area contributed by atoms with Crippen molar-refractivity contribution in [1.29, 1.82) is 0 Å². The van der Waals surface area contributed by atoms with Crippen molar-refractivity contribution in [2.24, 2.45) is 0 Å². The molecule has 1 N–H and O–H groups in total. The molecule has 1 amide bonds. The van der Waals surface area contributed by atoms with Crippen molar-refractivity contribution in [3.05, 3.63) is 28.4 Å². The lowest BCUT2D eigenvalue weighted by Gasteiger charge is -2.08. The molecule has 2 rings (SSSR count). The minimum absolute atomic E-state index is 0.157. The van der Waals surface area contributed by atoms with Gasteiger partial charge in [0.25, 0.3) is 0 Å². The first-order valence-electron chi connectivity index (χ1n) is 8.74. The third-order valence-corrected chi connectivity index (χ3v) is 6.13. The molecule has 0 aliphatic heterocycles. The van der Waals surface area contributed by atoms with Crippen molar-refractivity contribution in [2.45, 2.75) is 52.2 Å². The van der Waals surface area contributed by atoms with E-state index in [0.717, 1.165) is 35.0 Å². The number of hydrogen-bond acceptors (Lipinski definition) is 6. The van der Waals surface area contributed by atoms with Crippen LogP contribution in [0.5, 0.6) is 0 Å². The van der Waals surface area contributed by atoms with Crippen LogP contribution in [0.15, 0.2) is 17.6 Å². The Morgan fingerprint density at radius 3 is 2.77 bits per heavy atom. The molecule has 26 heavy (non-hydrogen) atoms. The topological polar surface area (TPSA) is 73.2 Å². The van der Waals surface area contributed by atoms with Gasteiger partial charge in [0.05, 0.1) is 17.9 Å². The Hall–Kier alpha value is -1.80. The van der Waals surface area contributed by atoms with Crippen LogP contribution in [0, 0.1) is 6.92 Å². The van der Waals surface area contributed by atoms with Gasteiger partial charge in [-0.3, -0.25) is 4.79 Å². The van der Waals surface area contributed by atoms with Crippen LogP contribution in [0.3, 0.4) is 0 Å². The predicted octanol–water partition coefficient (Wildman–Crippen LogP) is 4.13. The molecule has 0 fully saturated rings. The summed E-state index contributed by atoms with van der Waals surface area (Å²) in [5.41, 5.74) is 1.36. The standard InChI is InChI=1S/C18H25N3O3S2/c1-5-9-21-10-8-19-18(21)25-11-14(22)20-16-15(17(23)24-7-3)12(4)13(6-2)26-16/h8,10H,5-7,9,11H2,1-4H3,(H,20,22). The number of ether oxygens (including phenoxy) is 1. The first-order chi connectivity index (χ1) is 12.5. The Bertz CT molecular complexity index is 768. The van der Waals surface area contributed by atoms with Gasteiger partial charge in [0, 0.05) is 23.8 Å². The summed E-state index contributed by atoms with van der Waals surface area (Å²) in [6.07, 6.45) is 5.47. The number of esters is 1. The summed E-state index contributed by atoms with van der Waals surface area (Å²) in [4.78, 5) is 30.0. The van der Waals surface area contributed by atoms with E-state index in [1.807, 2.05) is 24.6 Å². The summed E-state index contributed by atoms with van der Waals surface area (Å²) in [7, 11) is 0. The van der Waals surface area contributed by atoms with Gasteiger partial charge in [-0.15, -0.1) is 11.3 Å². The van der Waals surface area contributed by atoms with E-state index in [2.05, 4.69) is 17.2 Å². The molecule has 2 aromatic heterocycles. The van der Waals surface area contributed by atoms with Crippen molar-refractivity contribution in [2.75, 3.05) is 17.7 Å². The van der Waals surface area contributed by atoms with Gasteiger partial charge < -0.3 is 14.6 Å². The molecule has 0 saturated carbocycles. The van der Waals surface area contributed by atoms with Gasteiger partial charge in [-0.2, -0.15) is 0 Å². The first-order valence-corrected chi connectivity index (χ1v) is 10.5. The summed E-state index contributed by atoms with van der Waals surface area (Å²) in [6, 6.07) is 0. The van der Waals surface area contributed by atoms with E-state index in [4.69, 9.17) is 4.74 Å². The number of carbonyl (C=O) groups excluding carboxylic acids is 2. The molecule has 0 saturated heterocycles. The lowest BCUT2D eigenvalue weighted by atomic mass is 10.1. The molecular formula is C18H25N3O3S2. The van der Waals surface area contributed by atoms with Gasteiger partial charge in [-0.25, -0.2) is 9.78 Å². The van der Waals surface area contributed by atoms with E-state index in [1.54, 1.807) is 13.1 Å². The third-order valence-electron chi connectivity index (χ3n) is 3.77. The SMILES string of the molecule is CCCn1ccnc1SCC(=O)Nc1sc(CC)c(C)c1C(=O)OCC. The largest absolute Gasteiger partial charge is 0.462 e. The minimum atomic E-state index is -0.387. The molecule has 0 unspecified atom stereocenters. The van der Waals surface area contributed by atoms with Crippen LogP contribution in [0.2, 0.25) is 0 Å². The number of aromatic nitrogens is 2. The quantitative estimate of drug-likeness (QED) is 0.510. The molecular weight excluding hydrogens is 370 g/mol. The molecule has 8 heteroatoms. The lowest BCUT2D eigenvalue weighted by Crippen LogP contribution is -2.16. The van der Waals surface area contributed by atoms with E-state index < -0.39 is 0 Å². The zero-order valence-electron chi connectivity index (χ0n) is 15.6. The van der Waals surface area contributed by atoms with Crippen molar-refractivity contribution >= 4 is 40.0 Å². The van der Waals surface area contributed by atoms with Gasteiger partial charge in [-0.05, 0) is 32.3 Å². The smallest absolute Gasteiger partial charge is 0.341 e. The van der Waals surface area contributed by atoms with Gasteiger partial charge >= 0.3 is 5.97 Å². The lowest BCUT2D eigenvalue weighted by molar-refractivity contribution is -0.113. The number of nitrogens with zero attached hydrogens (tertiary/aromatic N) is 2. The maximum absolute atomic E-state index is 12.4. The fourth-order valence-electron chi connectivity index (χ4n) is 2.57. The second-order valence-electron chi connectivity index (χ2n) is 5.67. The highest BCUT2D eigenvalue weighted by molar-refractivity contribution is 7.99. The van der Waals surface area contributed by atoms with E-state index >= 15 is 0 Å². The zero-order valence-corrected chi connectivity index (χ0v) is 17.3. The van der Waals surface area contributed by atoms with Crippen LogP contribution in [0.4, 0.5) is 5.00 Å². The molecule has 0 radical (unpaired) electrons. The maximum Gasteiger partial charge on any atom is 0.341 e. The van der Waals surface area contributed by atoms with E-state index in [0.29, 0.717) is 17.2 Å². The van der Waals surface area contributed by atoms with Gasteiger partial charge in [0.1, 0.15) is 5.00 Å². The van der Waals surface area contributed by atoms with E-state index in [-0.39, 0.29) is 17.6 Å². The number of anilines is 1. The van der Waals surface area contributed by atoms with E-state index in [9.17, 15) is 9.59 Å². The van der Waals surface area contributed by atoms with Crippen molar-refractivity contribution in [3.8, 4) is 0 Å². The highest BCUT2D eigenvalue weighted by atomic mass is 32.2. The summed E-state index contributed by atoms with van der Waals surface area (Å²) in [5.74, 6) is -0.306. The van der Waals surface area contributed by atoms with Crippen molar-refractivity contribution in [3.63, 3.8) is 0 Å². The normalized spacial score (nSPS) is 10.8. The summed E-state index contributed by atoms with van der Waals surface area (Å²) >= 11 is 2.83. The monoisotopic (exact) mass is 395 g/mol. The molecule has 142 valence electrons. The molecule has 0 bridgehead atoms. The average Bonchev–Trinajstić information content (AvgIpc) is 3.17. The van der Waals surface area contributed by atoms with Crippen molar-refractivity contribution in [1.82, 2.24) is 9.55 Å². The number of thioether (sulfide) groups is 1. The molecule has 6 nitrogen and oxygen atoms in total. The Balaban J connectivity index is 2.08. The van der Waals surface area contributed by atoms with E-state index in [1.165, 1.54) is 23.1 Å². The number of thiophene rings is 1. The molecule has 2 heterocycles. The van der Waals surface area contributed by atoms with Crippen molar-refractivity contribution < 1.29 is 14.3 Å². The molecule has 2 aromatic rings. The zero-order chi connectivity index (χ0) is 19.1. The van der Waals surface area contributed by atoms with Crippen LogP contribution in [-0.2, 0) is 22.5 Å². The predicted molar refractivity (Wildman–Crippen MR) is 106 cm³/mol. The van der Waals surface area contributed by atoms with Gasteiger partial charge in [-0.1, -0.05) is 25.6 Å². The Labute approximate surface area is 162 Å². The Morgan fingerprint density at radius 1 is 1.35 bits per heavy atom. The Kier molecular flexibility index (Phi) is 7.71. The van der Waals surface area contributed by atoms with Crippen LogP contribution >= 0.6 is 23.1 Å². The number of hydrogen-bond donors (Lipinski definition) is 1. The second kappa shape index (κ2) is 9.78. The number of amides is 1. The molecule has 0 aliphatic rings. The Morgan fingerprint density at radius 2 is 2.12 bits per heavy atom. The molecule has 0 spiro atoms. The van der Waals surface area contributed by atoms with Crippen LogP contribution < -0.4 is 5.32 Å². The fourth-order valence-corrected chi connectivity index (χ4v) is 4.51. The molecule has 0 aromatic carbocycles. The number of rotatable bonds is 9. The highest BCUT2D eigenvalue weighted by Gasteiger charge is 2.23. The molecule has 0 aliphatic carbocycles. The maximum atomic E-state index is 12.4. The number of carbonyl (C=O) groups is 2. The fraction of sp³-hybridized carbons (Fsp3) is 0.500. The van der Waals surface area contributed by atoms with Crippen LogP contribution in [0.25, 0.3) is 0 Å². The average molecular weight is 396 g/mol. The summed E-state index contributed by atoms with van der Waals surface area (Å²) < 4.78 is 7.18. The van der Waals surface area contributed by atoms with Crippen LogP contribution in [0.1, 0.15) is 48.0 Å². The summed E-state index contributed by atoms with van der Waals surface area (Å²) in [5, 5.41) is 4.27. The minimum Gasteiger partial charge on any atom is -0.462 e. The highest BCUT2D eigenvalue weighted by Crippen LogP contribution is 2.34. The van der Waals surface area contributed by atoms with Gasteiger partial charge in [0.2, 0.25) is 5.91 Å². The van der Waals surface area contributed by atoms with Crippen LogP contribution in [-0.4, -0.2) is 33.8 Å². The number of nitrogens with one attached hydrogen (secondary N) is 1. The third kappa shape index (κ3) is 4.88. The number of aryl methyl sites for hydroxylation is 2.